The molecular weight excluding hydrogens is 208 g/mol. The van der Waals surface area contributed by atoms with Crippen LogP contribution in [0.1, 0.15) is 32.8 Å². The van der Waals surface area contributed by atoms with Gasteiger partial charge in [0.25, 0.3) is 0 Å². The molecule has 0 atom stereocenters. The van der Waals surface area contributed by atoms with Crippen LogP contribution in [0.2, 0.25) is 0 Å². The number of benzene rings is 1. The molecule has 0 aliphatic rings. The summed E-state index contributed by atoms with van der Waals surface area (Å²) in [5.41, 5.74) is 1.64. The Kier molecular flexibility index (Phi) is 5.66. The first-order valence-corrected chi connectivity index (χ1v) is 6.51. The molecule has 17 heavy (non-hydrogen) atoms. The Balaban J connectivity index is 2.24. The molecule has 2 nitrogen and oxygen atoms in total. The molecular formula is C15H26N2. The Labute approximate surface area is 106 Å². The topological polar surface area (TPSA) is 15.3 Å². The zero-order valence-electron chi connectivity index (χ0n) is 11.7. The van der Waals surface area contributed by atoms with E-state index in [1.54, 1.807) is 0 Å². The lowest BCUT2D eigenvalue weighted by molar-refractivity contribution is 0.293. The van der Waals surface area contributed by atoms with Crippen molar-refractivity contribution in [2.45, 2.75) is 39.3 Å². The molecule has 1 N–H and O–H groups in total. The van der Waals surface area contributed by atoms with Crippen LogP contribution in [0.4, 0.5) is 0 Å². The Hall–Kier alpha value is -0.860. The molecule has 0 fully saturated rings. The molecule has 0 aromatic heterocycles. The van der Waals surface area contributed by atoms with E-state index in [1.165, 1.54) is 5.56 Å². The summed E-state index contributed by atoms with van der Waals surface area (Å²) in [5, 5.41) is 3.58. The van der Waals surface area contributed by atoms with Crippen molar-refractivity contribution < 1.29 is 0 Å². The number of likely N-dealkylation sites (N-methyl/N-ethyl adjacent to an activating group) is 1. The molecule has 1 aromatic carbocycles. The minimum atomic E-state index is 0.258. The molecule has 0 saturated heterocycles. The van der Waals surface area contributed by atoms with E-state index in [4.69, 9.17) is 0 Å². The number of nitrogens with one attached hydrogen (secondary N) is 1. The van der Waals surface area contributed by atoms with Crippen molar-refractivity contribution in [3.8, 4) is 0 Å². The lowest BCUT2D eigenvalue weighted by atomic mass is 10.0. The quantitative estimate of drug-likeness (QED) is 0.780. The molecule has 0 unspecified atom stereocenters. The average molecular weight is 234 g/mol. The van der Waals surface area contributed by atoms with Crippen LogP contribution in [-0.2, 0) is 6.54 Å². The van der Waals surface area contributed by atoms with Crippen LogP contribution in [0.25, 0.3) is 0 Å². The van der Waals surface area contributed by atoms with Gasteiger partial charge in [0.1, 0.15) is 0 Å². The first kappa shape index (κ1) is 14.2. The Bertz CT molecular complexity index is 306. The smallest absolute Gasteiger partial charge is 0.0231 e. The van der Waals surface area contributed by atoms with E-state index < -0.39 is 0 Å². The molecule has 0 saturated carbocycles. The van der Waals surface area contributed by atoms with Gasteiger partial charge in [0.2, 0.25) is 0 Å². The molecule has 0 radical (unpaired) electrons. The third-order valence-electron chi connectivity index (χ3n) is 3.28. The molecule has 2 heteroatoms. The monoisotopic (exact) mass is 234 g/mol. The van der Waals surface area contributed by atoms with Crippen molar-refractivity contribution >= 4 is 0 Å². The van der Waals surface area contributed by atoms with Crippen molar-refractivity contribution in [3.05, 3.63) is 35.9 Å². The summed E-state index contributed by atoms with van der Waals surface area (Å²) >= 11 is 0. The number of hydrogen-bond donors (Lipinski definition) is 1. The molecule has 0 spiro atoms. The molecule has 0 bridgehead atoms. The van der Waals surface area contributed by atoms with Gasteiger partial charge in [0.15, 0.2) is 0 Å². The second-order valence-electron chi connectivity index (χ2n) is 5.39. The van der Waals surface area contributed by atoms with Crippen LogP contribution in [-0.4, -0.2) is 30.6 Å². The van der Waals surface area contributed by atoms with E-state index in [9.17, 15) is 0 Å². The molecule has 0 heterocycles. The minimum absolute atomic E-state index is 0.258. The van der Waals surface area contributed by atoms with Gasteiger partial charge in [-0.25, -0.2) is 0 Å². The van der Waals surface area contributed by atoms with Gasteiger partial charge in [-0.3, -0.25) is 0 Å². The molecule has 0 amide bonds. The second kappa shape index (κ2) is 6.77. The standard InChI is InChI=1S/C15H26N2/c1-5-15(2,3)16-11-12-17(4)13-14-9-7-6-8-10-14/h6-10,16H,5,11-13H2,1-4H3. The third-order valence-corrected chi connectivity index (χ3v) is 3.28. The van der Waals surface area contributed by atoms with Gasteiger partial charge in [-0.15, -0.1) is 0 Å². The van der Waals surface area contributed by atoms with Crippen molar-refractivity contribution in [1.29, 1.82) is 0 Å². The SMILES string of the molecule is CCC(C)(C)NCCN(C)Cc1ccccc1. The van der Waals surface area contributed by atoms with Crippen molar-refractivity contribution in [2.24, 2.45) is 0 Å². The number of rotatable bonds is 7. The van der Waals surface area contributed by atoms with E-state index in [-0.39, 0.29) is 5.54 Å². The van der Waals surface area contributed by atoms with Crippen LogP contribution >= 0.6 is 0 Å². The van der Waals surface area contributed by atoms with E-state index in [1.807, 2.05) is 0 Å². The lowest BCUT2D eigenvalue weighted by Gasteiger charge is -2.26. The van der Waals surface area contributed by atoms with Gasteiger partial charge in [0, 0.05) is 25.2 Å². The Morgan fingerprint density at radius 2 is 1.82 bits per heavy atom. The van der Waals surface area contributed by atoms with Crippen molar-refractivity contribution in [1.82, 2.24) is 10.2 Å². The van der Waals surface area contributed by atoms with E-state index in [0.29, 0.717) is 0 Å². The highest BCUT2D eigenvalue weighted by Crippen LogP contribution is 2.06. The van der Waals surface area contributed by atoms with Crippen LogP contribution in [0.5, 0.6) is 0 Å². The van der Waals surface area contributed by atoms with Gasteiger partial charge in [0.05, 0.1) is 0 Å². The summed E-state index contributed by atoms with van der Waals surface area (Å²) in [5.74, 6) is 0. The summed E-state index contributed by atoms with van der Waals surface area (Å²) in [7, 11) is 2.17. The summed E-state index contributed by atoms with van der Waals surface area (Å²) in [4.78, 5) is 2.36. The van der Waals surface area contributed by atoms with Crippen molar-refractivity contribution in [3.63, 3.8) is 0 Å². The summed E-state index contributed by atoms with van der Waals surface area (Å²) < 4.78 is 0. The Morgan fingerprint density at radius 1 is 1.18 bits per heavy atom. The third kappa shape index (κ3) is 5.85. The fourth-order valence-electron chi connectivity index (χ4n) is 1.68. The zero-order chi connectivity index (χ0) is 12.7. The van der Waals surface area contributed by atoms with Gasteiger partial charge < -0.3 is 10.2 Å². The zero-order valence-corrected chi connectivity index (χ0v) is 11.7. The lowest BCUT2D eigenvalue weighted by Crippen LogP contribution is -2.42. The normalized spacial score (nSPS) is 12.1. The predicted molar refractivity (Wildman–Crippen MR) is 75.1 cm³/mol. The highest BCUT2D eigenvalue weighted by atomic mass is 15.1. The van der Waals surface area contributed by atoms with Crippen LogP contribution in [0, 0.1) is 0 Å². The van der Waals surface area contributed by atoms with Crippen LogP contribution in [0.15, 0.2) is 30.3 Å². The van der Waals surface area contributed by atoms with E-state index >= 15 is 0 Å². The van der Waals surface area contributed by atoms with E-state index in [0.717, 1.165) is 26.1 Å². The maximum atomic E-state index is 3.58. The first-order chi connectivity index (χ1) is 8.03. The largest absolute Gasteiger partial charge is 0.311 e. The van der Waals surface area contributed by atoms with Crippen LogP contribution < -0.4 is 5.32 Å². The fraction of sp³-hybridized carbons (Fsp3) is 0.600. The van der Waals surface area contributed by atoms with Gasteiger partial charge in [-0.05, 0) is 32.9 Å². The maximum absolute atomic E-state index is 3.58. The number of nitrogens with zero attached hydrogens (tertiary/aromatic N) is 1. The molecule has 96 valence electrons. The average Bonchev–Trinajstić information content (AvgIpc) is 2.30. The van der Waals surface area contributed by atoms with Gasteiger partial charge >= 0.3 is 0 Å². The summed E-state index contributed by atoms with van der Waals surface area (Å²) in [6.45, 7) is 9.88. The molecule has 0 aliphatic heterocycles. The summed E-state index contributed by atoms with van der Waals surface area (Å²) in [6, 6.07) is 10.6. The van der Waals surface area contributed by atoms with Crippen molar-refractivity contribution in [2.75, 3.05) is 20.1 Å². The van der Waals surface area contributed by atoms with Gasteiger partial charge in [-0.1, -0.05) is 37.3 Å². The molecule has 1 rings (SSSR count). The minimum Gasteiger partial charge on any atom is -0.311 e. The maximum Gasteiger partial charge on any atom is 0.0231 e. The second-order valence-corrected chi connectivity index (χ2v) is 5.39. The van der Waals surface area contributed by atoms with Gasteiger partial charge in [-0.2, -0.15) is 0 Å². The number of hydrogen-bond acceptors (Lipinski definition) is 2. The van der Waals surface area contributed by atoms with Crippen LogP contribution in [0.3, 0.4) is 0 Å². The highest BCUT2D eigenvalue weighted by Gasteiger charge is 2.13. The highest BCUT2D eigenvalue weighted by molar-refractivity contribution is 5.14. The summed E-state index contributed by atoms with van der Waals surface area (Å²) in [6.07, 6.45) is 1.16. The molecule has 1 aromatic rings. The predicted octanol–water partition coefficient (Wildman–Crippen LogP) is 2.90. The Morgan fingerprint density at radius 3 is 2.41 bits per heavy atom. The fourth-order valence-corrected chi connectivity index (χ4v) is 1.68. The first-order valence-electron chi connectivity index (χ1n) is 6.51. The molecule has 0 aliphatic carbocycles. The van der Waals surface area contributed by atoms with E-state index in [2.05, 4.69) is 68.4 Å².